The van der Waals surface area contributed by atoms with E-state index in [4.69, 9.17) is 4.74 Å². The van der Waals surface area contributed by atoms with Gasteiger partial charge in [0.15, 0.2) is 0 Å². The quantitative estimate of drug-likeness (QED) is 0.544. The van der Waals surface area contributed by atoms with Crippen molar-refractivity contribution in [1.29, 1.82) is 0 Å². The Morgan fingerprint density at radius 1 is 1.25 bits per heavy atom. The highest BCUT2D eigenvalue weighted by atomic mass is 16.5. The fourth-order valence-corrected chi connectivity index (χ4v) is 0.333. The summed E-state index contributed by atoms with van der Waals surface area (Å²) < 4.78 is 4.80. The summed E-state index contributed by atoms with van der Waals surface area (Å²) in [6.45, 7) is 5.13. The summed E-state index contributed by atoms with van der Waals surface area (Å²) in [5.74, 6) is 0.676. The maximum Gasteiger partial charge on any atom is 0.0485 e. The van der Waals surface area contributed by atoms with E-state index in [1.807, 2.05) is 0 Å². The molecule has 0 spiro atoms. The van der Waals surface area contributed by atoms with E-state index in [-0.39, 0.29) is 14.9 Å². The lowest BCUT2D eigenvalue weighted by atomic mass is 10.2. The summed E-state index contributed by atoms with van der Waals surface area (Å²) in [4.78, 5) is 0. The smallest absolute Gasteiger partial charge is 0.0485 e. The second-order valence-electron chi connectivity index (χ2n) is 1.85. The SMILES string of the molecule is C.C.COCC(C)C. The summed E-state index contributed by atoms with van der Waals surface area (Å²) >= 11 is 0. The van der Waals surface area contributed by atoms with Crippen LogP contribution in [0.1, 0.15) is 28.7 Å². The second-order valence-corrected chi connectivity index (χ2v) is 1.85. The van der Waals surface area contributed by atoms with Crippen LogP contribution in [0.4, 0.5) is 0 Å². The number of rotatable bonds is 2. The zero-order chi connectivity index (χ0) is 4.99. The third kappa shape index (κ3) is 16.7. The molecule has 1 nitrogen and oxygen atoms in total. The van der Waals surface area contributed by atoms with Gasteiger partial charge in [0.05, 0.1) is 0 Å². The standard InChI is InChI=1S/C5H12O.2CH4/c1-5(2)4-6-3;;/h5H,4H2,1-3H3;2*1H4. The first-order valence-corrected chi connectivity index (χ1v) is 2.26. The van der Waals surface area contributed by atoms with Crippen molar-refractivity contribution in [2.45, 2.75) is 28.7 Å². The van der Waals surface area contributed by atoms with E-state index in [0.29, 0.717) is 5.92 Å². The Morgan fingerprint density at radius 3 is 1.62 bits per heavy atom. The lowest BCUT2D eigenvalue weighted by Crippen LogP contribution is -1.96. The van der Waals surface area contributed by atoms with Crippen molar-refractivity contribution in [2.24, 2.45) is 5.92 Å². The number of ether oxygens (including phenoxy) is 1. The maximum absolute atomic E-state index is 4.80. The van der Waals surface area contributed by atoms with Crippen LogP contribution in [-0.2, 0) is 4.74 Å². The fraction of sp³-hybridized carbons (Fsp3) is 1.00. The Hall–Kier alpha value is -0.0400. The number of methoxy groups -OCH3 is 1. The average molecular weight is 120 g/mol. The van der Waals surface area contributed by atoms with Crippen molar-refractivity contribution in [3.63, 3.8) is 0 Å². The average Bonchev–Trinajstić information content (AvgIpc) is 1.35. The minimum Gasteiger partial charge on any atom is -0.384 e. The highest BCUT2D eigenvalue weighted by molar-refractivity contribution is 4.35. The summed E-state index contributed by atoms with van der Waals surface area (Å²) in [7, 11) is 1.72. The Balaban J connectivity index is -0.000000125. The van der Waals surface area contributed by atoms with Gasteiger partial charge in [0.1, 0.15) is 0 Å². The van der Waals surface area contributed by atoms with Gasteiger partial charge in [-0.15, -0.1) is 0 Å². The largest absolute Gasteiger partial charge is 0.384 e. The van der Waals surface area contributed by atoms with Crippen LogP contribution in [0.3, 0.4) is 0 Å². The topological polar surface area (TPSA) is 9.23 Å². The molecule has 0 aliphatic rings. The Morgan fingerprint density at radius 2 is 1.62 bits per heavy atom. The lowest BCUT2D eigenvalue weighted by Gasteiger charge is -1.97. The van der Waals surface area contributed by atoms with Crippen molar-refractivity contribution in [3.05, 3.63) is 0 Å². The molecule has 1 heteroatoms. The van der Waals surface area contributed by atoms with Crippen LogP contribution in [0.15, 0.2) is 0 Å². The van der Waals surface area contributed by atoms with Crippen LogP contribution < -0.4 is 0 Å². The first-order chi connectivity index (χ1) is 2.77. The third-order valence-corrected chi connectivity index (χ3v) is 0.500. The molecule has 0 aliphatic heterocycles. The summed E-state index contributed by atoms with van der Waals surface area (Å²) in [5, 5.41) is 0. The normalized spacial score (nSPS) is 7.50. The van der Waals surface area contributed by atoms with Crippen molar-refractivity contribution < 1.29 is 4.74 Å². The van der Waals surface area contributed by atoms with Crippen molar-refractivity contribution in [2.75, 3.05) is 13.7 Å². The van der Waals surface area contributed by atoms with Gasteiger partial charge in [0, 0.05) is 13.7 Å². The molecule has 0 aromatic carbocycles. The Labute approximate surface area is 54.1 Å². The second kappa shape index (κ2) is 10.0. The highest BCUT2D eigenvalue weighted by Crippen LogP contribution is 1.88. The van der Waals surface area contributed by atoms with Gasteiger partial charge in [-0.25, -0.2) is 0 Å². The summed E-state index contributed by atoms with van der Waals surface area (Å²) in [6.07, 6.45) is 0. The van der Waals surface area contributed by atoms with Gasteiger partial charge in [-0.1, -0.05) is 28.7 Å². The van der Waals surface area contributed by atoms with E-state index in [9.17, 15) is 0 Å². The van der Waals surface area contributed by atoms with Gasteiger partial charge in [-0.05, 0) is 5.92 Å². The predicted molar refractivity (Wildman–Crippen MR) is 40.2 cm³/mol. The zero-order valence-electron chi connectivity index (χ0n) is 4.69. The molecular formula is C7H20O. The van der Waals surface area contributed by atoms with E-state index in [2.05, 4.69) is 13.8 Å². The van der Waals surface area contributed by atoms with E-state index in [0.717, 1.165) is 6.61 Å². The van der Waals surface area contributed by atoms with E-state index in [1.54, 1.807) is 7.11 Å². The Bertz CT molecular complexity index is 25.6. The Kier molecular flexibility index (Phi) is 19.7. The first kappa shape index (κ1) is 15.7. The van der Waals surface area contributed by atoms with Crippen molar-refractivity contribution in [3.8, 4) is 0 Å². The van der Waals surface area contributed by atoms with E-state index >= 15 is 0 Å². The van der Waals surface area contributed by atoms with Gasteiger partial charge in [0.25, 0.3) is 0 Å². The maximum atomic E-state index is 4.80. The van der Waals surface area contributed by atoms with Crippen molar-refractivity contribution >= 4 is 0 Å². The van der Waals surface area contributed by atoms with Crippen LogP contribution in [0.25, 0.3) is 0 Å². The van der Waals surface area contributed by atoms with E-state index in [1.165, 1.54) is 0 Å². The monoisotopic (exact) mass is 120 g/mol. The van der Waals surface area contributed by atoms with Gasteiger partial charge in [-0.3, -0.25) is 0 Å². The molecule has 0 bridgehead atoms. The molecule has 0 aliphatic carbocycles. The van der Waals surface area contributed by atoms with Crippen LogP contribution in [0, 0.1) is 5.92 Å². The lowest BCUT2D eigenvalue weighted by molar-refractivity contribution is 0.167. The van der Waals surface area contributed by atoms with Gasteiger partial charge < -0.3 is 4.74 Å². The van der Waals surface area contributed by atoms with Gasteiger partial charge >= 0.3 is 0 Å². The van der Waals surface area contributed by atoms with Crippen LogP contribution in [-0.4, -0.2) is 13.7 Å². The molecule has 0 saturated carbocycles. The third-order valence-electron chi connectivity index (χ3n) is 0.500. The molecule has 0 saturated heterocycles. The van der Waals surface area contributed by atoms with Crippen molar-refractivity contribution in [1.82, 2.24) is 0 Å². The number of hydrogen-bond donors (Lipinski definition) is 0. The number of hydrogen-bond acceptors (Lipinski definition) is 1. The molecule has 8 heavy (non-hydrogen) atoms. The molecule has 0 radical (unpaired) electrons. The van der Waals surface area contributed by atoms with Crippen LogP contribution >= 0.6 is 0 Å². The highest BCUT2D eigenvalue weighted by Gasteiger charge is 1.85. The van der Waals surface area contributed by atoms with Crippen LogP contribution in [0.5, 0.6) is 0 Å². The summed E-state index contributed by atoms with van der Waals surface area (Å²) in [6, 6.07) is 0. The molecule has 0 atom stereocenters. The molecule has 54 valence electrons. The molecule has 0 N–H and O–H groups in total. The van der Waals surface area contributed by atoms with Crippen LogP contribution in [0.2, 0.25) is 0 Å². The molecule has 0 amide bonds. The summed E-state index contributed by atoms with van der Waals surface area (Å²) in [5.41, 5.74) is 0. The first-order valence-electron chi connectivity index (χ1n) is 2.26. The molecule has 0 aromatic heterocycles. The minimum atomic E-state index is 0. The molecule has 0 unspecified atom stereocenters. The van der Waals surface area contributed by atoms with Gasteiger partial charge in [-0.2, -0.15) is 0 Å². The van der Waals surface area contributed by atoms with Gasteiger partial charge in [0.2, 0.25) is 0 Å². The molecule has 0 aromatic rings. The molecule has 0 rings (SSSR count). The van der Waals surface area contributed by atoms with E-state index < -0.39 is 0 Å². The minimum absolute atomic E-state index is 0. The molecular weight excluding hydrogens is 100 g/mol. The molecule has 0 heterocycles. The molecule has 0 fully saturated rings. The zero-order valence-corrected chi connectivity index (χ0v) is 4.69. The fourth-order valence-electron chi connectivity index (χ4n) is 0.333. The predicted octanol–water partition coefficient (Wildman–Crippen LogP) is 2.56.